The van der Waals surface area contributed by atoms with E-state index in [-0.39, 0.29) is 12.1 Å². The molecular weight excluding hydrogens is 378 g/mol. The maximum Gasteiger partial charge on any atom is 0.0853 e. The fourth-order valence-electron chi connectivity index (χ4n) is 4.41. The van der Waals surface area contributed by atoms with Crippen molar-refractivity contribution < 1.29 is 4.84 Å². The monoisotopic (exact) mass is 405 g/mol. The molecule has 31 heavy (non-hydrogen) atoms. The topological polar surface area (TPSA) is 12.5 Å². The van der Waals surface area contributed by atoms with Crippen LogP contribution >= 0.6 is 0 Å². The van der Waals surface area contributed by atoms with Gasteiger partial charge in [-0.2, -0.15) is 5.06 Å². The highest BCUT2D eigenvalue weighted by Crippen LogP contribution is 2.36. The zero-order valence-electron chi connectivity index (χ0n) is 17.6. The molecule has 0 aromatic heterocycles. The summed E-state index contributed by atoms with van der Waals surface area (Å²) in [6.07, 6.45) is 2.09. The molecule has 154 valence electrons. The number of nitrogens with zero attached hydrogens (tertiary/aromatic N) is 1. The molecule has 4 aromatic rings. The van der Waals surface area contributed by atoms with E-state index >= 15 is 0 Å². The van der Waals surface area contributed by atoms with Crippen LogP contribution in [0.25, 0.3) is 11.1 Å². The molecule has 4 aromatic carbocycles. The Morgan fingerprint density at radius 3 is 1.87 bits per heavy atom. The first kappa shape index (κ1) is 19.7. The summed E-state index contributed by atoms with van der Waals surface area (Å²) >= 11 is 0. The number of benzene rings is 4. The third-order valence-electron chi connectivity index (χ3n) is 6.01. The van der Waals surface area contributed by atoms with Crippen LogP contribution in [0.2, 0.25) is 0 Å². The van der Waals surface area contributed by atoms with Crippen molar-refractivity contribution in [1.29, 1.82) is 0 Å². The van der Waals surface area contributed by atoms with Crippen LogP contribution in [0, 0.1) is 0 Å². The Labute approximate surface area is 184 Å². The minimum atomic E-state index is 0.177. The Morgan fingerprint density at radius 2 is 1.19 bits per heavy atom. The van der Waals surface area contributed by atoms with Crippen molar-refractivity contribution >= 4 is 0 Å². The molecule has 1 heterocycles. The van der Waals surface area contributed by atoms with Gasteiger partial charge in [0.2, 0.25) is 0 Å². The molecule has 0 amide bonds. The lowest BCUT2D eigenvalue weighted by atomic mass is 9.96. The summed E-state index contributed by atoms with van der Waals surface area (Å²) in [5.41, 5.74) is 6.42. The van der Waals surface area contributed by atoms with Crippen LogP contribution in [0.4, 0.5) is 0 Å². The molecule has 5 rings (SSSR count). The van der Waals surface area contributed by atoms with Crippen LogP contribution < -0.4 is 0 Å². The van der Waals surface area contributed by atoms with Crippen molar-refractivity contribution in [3.05, 3.63) is 132 Å². The number of hydrogen-bond acceptors (Lipinski definition) is 2. The molecule has 2 unspecified atom stereocenters. The molecule has 0 bridgehead atoms. The van der Waals surface area contributed by atoms with E-state index in [9.17, 15) is 0 Å². The summed E-state index contributed by atoms with van der Waals surface area (Å²) in [4.78, 5) is 6.48. The van der Waals surface area contributed by atoms with E-state index in [1.165, 1.54) is 27.8 Å². The molecule has 2 nitrogen and oxygen atoms in total. The van der Waals surface area contributed by atoms with E-state index < -0.39 is 0 Å². The Kier molecular flexibility index (Phi) is 5.92. The van der Waals surface area contributed by atoms with Gasteiger partial charge >= 0.3 is 0 Å². The highest BCUT2D eigenvalue weighted by molar-refractivity contribution is 5.63. The molecule has 2 atom stereocenters. The third-order valence-corrected chi connectivity index (χ3v) is 6.01. The molecule has 1 aliphatic heterocycles. The van der Waals surface area contributed by atoms with Crippen LogP contribution in [0.1, 0.15) is 29.2 Å². The van der Waals surface area contributed by atoms with Crippen molar-refractivity contribution in [2.75, 3.05) is 0 Å². The quantitative estimate of drug-likeness (QED) is 0.348. The Morgan fingerprint density at radius 1 is 0.613 bits per heavy atom. The second-order valence-corrected chi connectivity index (χ2v) is 8.22. The van der Waals surface area contributed by atoms with Gasteiger partial charge in [0.05, 0.1) is 12.1 Å². The van der Waals surface area contributed by atoms with Gasteiger partial charge in [-0.15, -0.1) is 0 Å². The first-order valence-electron chi connectivity index (χ1n) is 11.0. The molecule has 2 heteroatoms. The number of hydroxylamine groups is 2. The average molecular weight is 406 g/mol. The molecule has 0 N–H and O–H groups in total. The highest BCUT2D eigenvalue weighted by atomic mass is 16.7. The minimum absolute atomic E-state index is 0.177. The van der Waals surface area contributed by atoms with Crippen LogP contribution in [0.15, 0.2) is 115 Å². The second kappa shape index (κ2) is 9.30. The molecule has 0 aliphatic carbocycles. The fraction of sp³-hybridized carbons (Fsp3) is 0.172. The maximum absolute atomic E-state index is 6.48. The molecule has 1 aliphatic rings. The van der Waals surface area contributed by atoms with Gasteiger partial charge in [-0.25, -0.2) is 0 Å². The predicted octanol–water partition coefficient (Wildman–Crippen LogP) is 6.84. The summed E-state index contributed by atoms with van der Waals surface area (Å²) in [6.45, 7) is 0.795. The number of hydrogen-bond donors (Lipinski definition) is 0. The van der Waals surface area contributed by atoms with Crippen molar-refractivity contribution in [2.45, 2.75) is 31.5 Å². The van der Waals surface area contributed by atoms with E-state index in [0.717, 1.165) is 19.4 Å². The van der Waals surface area contributed by atoms with Gasteiger partial charge in [0.15, 0.2) is 0 Å². The van der Waals surface area contributed by atoms with E-state index in [0.29, 0.717) is 0 Å². The molecule has 0 radical (unpaired) electrons. The van der Waals surface area contributed by atoms with Gasteiger partial charge in [0.1, 0.15) is 0 Å². The largest absolute Gasteiger partial charge is 0.294 e. The van der Waals surface area contributed by atoms with Gasteiger partial charge < -0.3 is 0 Å². The van der Waals surface area contributed by atoms with E-state index in [1.54, 1.807) is 0 Å². The van der Waals surface area contributed by atoms with Gasteiger partial charge in [0, 0.05) is 13.0 Å². The smallest absolute Gasteiger partial charge is 0.0853 e. The van der Waals surface area contributed by atoms with Gasteiger partial charge in [-0.3, -0.25) is 4.84 Å². The first-order chi connectivity index (χ1) is 15.3. The maximum atomic E-state index is 6.48. The normalized spacial score (nSPS) is 18.8. The Balaban J connectivity index is 1.31. The SMILES string of the molecule is c1ccc(CN2OC(Cc3ccc(-c4ccccc4)cc3)CC2c2ccccc2)cc1. The summed E-state index contributed by atoms with van der Waals surface area (Å²) in [7, 11) is 0. The summed E-state index contributed by atoms with van der Waals surface area (Å²) in [6, 6.07) is 41.0. The lowest BCUT2D eigenvalue weighted by molar-refractivity contribution is -0.170. The van der Waals surface area contributed by atoms with Crippen molar-refractivity contribution in [3.63, 3.8) is 0 Å². The molecular formula is C29H27NO. The highest BCUT2D eigenvalue weighted by Gasteiger charge is 2.34. The first-order valence-corrected chi connectivity index (χ1v) is 11.0. The van der Waals surface area contributed by atoms with Crippen LogP contribution in [0.5, 0.6) is 0 Å². The van der Waals surface area contributed by atoms with Crippen LogP contribution in [-0.2, 0) is 17.8 Å². The third kappa shape index (κ3) is 4.77. The van der Waals surface area contributed by atoms with E-state index in [2.05, 4.69) is 120 Å². The minimum Gasteiger partial charge on any atom is -0.294 e. The van der Waals surface area contributed by atoms with E-state index in [4.69, 9.17) is 4.84 Å². The number of rotatable bonds is 6. The van der Waals surface area contributed by atoms with Crippen LogP contribution in [-0.4, -0.2) is 11.2 Å². The zero-order valence-corrected chi connectivity index (χ0v) is 17.6. The molecule has 0 spiro atoms. The summed E-state index contributed by atoms with van der Waals surface area (Å²) in [5, 5.41) is 2.17. The Hall–Kier alpha value is -3.20. The van der Waals surface area contributed by atoms with Gasteiger partial charge in [-0.05, 0) is 34.2 Å². The lowest BCUT2D eigenvalue weighted by Crippen LogP contribution is -2.22. The fourth-order valence-corrected chi connectivity index (χ4v) is 4.41. The molecule has 1 fully saturated rings. The predicted molar refractivity (Wildman–Crippen MR) is 126 cm³/mol. The molecule has 0 saturated carbocycles. The molecule has 1 saturated heterocycles. The lowest BCUT2D eigenvalue weighted by Gasteiger charge is -2.23. The van der Waals surface area contributed by atoms with Crippen molar-refractivity contribution in [3.8, 4) is 11.1 Å². The average Bonchev–Trinajstić information content (AvgIpc) is 3.23. The second-order valence-electron chi connectivity index (χ2n) is 8.22. The summed E-state index contributed by atoms with van der Waals surface area (Å²) < 4.78 is 0. The van der Waals surface area contributed by atoms with E-state index in [1.807, 2.05) is 0 Å². The van der Waals surface area contributed by atoms with Gasteiger partial charge in [0.25, 0.3) is 0 Å². The standard InChI is InChI=1S/C29H27NO/c1-4-10-24(11-5-1)22-30-29(27-14-8-3-9-15-27)21-28(31-30)20-23-16-18-26(19-17-23)25-12-6-2-7-13-25/h1-19,28-29H,20-22H2. The van der Waals surface area contributed by atoms with Crippen molar-refractivity contribution in [1.82, 2.24) is 5.06 Å². The summed E-state index contributed by atoms with van der Waals surface area (Å²) in [5.74, 6) is 0. The Bertz CT molecular complexity index is 1080. The zero-order chi connectivity index (χ0) is 20.9. The van der Waals surface area contributed by atoms with Crippen LogP contribution in [0.3, 0.4) is 0 Å². The van der Waals surface area contributed by atoms with Gasteiger partial charge in [-0.1, -0.05) is 115 Å². The van der Waals surface area contributed by atoms with Crippen molar-refractivity contribution in [2.24, 2.45) is 0 Å².